The van der Waals surface area contributed by atoms with Crippen LogP contribution in [0, 0.1) is 0 Å². The highest BCUT2D eigenvalue weighted by Crippen LogP contribution is 2.30. The maximum atomic E-state index is 8.94. The van der Waals surface area contributed by atoms with Crippen molar-refractivity contribution in [1.29, 1.82) is 0 Å². The van der Waals surface area contributed by atoms with Gasteiger partial charge >= 0.3 is 0 Å². The van der Waals surface area contributed by atoms with Crippen molar-refractivity contribution in [3.8, 4) is 0 Å². The smallest absolute Gasteiger partial charge is 0.0628 e. The van der Waals surface area contributed by atoms with Crippen LogP contribution in [0.25, 0.3) is 0 Å². The minimum absolute atomic E-state index is 0.0647. The summed E-state index contributed by atoms with van der Waals surface area (Å²) in [6, 6.07) is 0. The van der Waals surface area contributed by atoms with Crippen LogP contribution in [0.15, 0.2) is 0 Å². The van der Waals surface area contributed by atoms with Gasteiger partial charge in [0.1, 0.15) is 0 Å². The van der Waals surface area contributed by atoms with Crippen LogP contribution in [-0.4, -0.2) is 23.4 Å². The van der Waals surface area contributed by atoms with Gasteiger partial charge in [-0.2, -0.15) is 0 Å². The quantitative estimate of drug-likeness (QED) is 0.625. The molecule has 0 amide bonds. The molecule has 0 unspecified atom stereocenters. The van der Waals surface area contributed by atoms with Gasteiger partial charge in [0.15, 0.2) is 0 Å². The fourth-order valence-electron chi connectivity index (χ4n) is 1.43. The van der Waals surface area contributed by atoms with Crippen LogP contribution in [-0.2, 0) is 4.74 Å². The summed E-state index contributed by atoms with van der Waals surface area (Å²) in [5.74, 6) is 0. The van der Waals surface area contributed by atoms with E-state index in [9.17, 15) is 0 Å². The third-order valence-electron chi connectivity index (χ3n) is 2.51. The first-order valence-electron chi connectivity index (χ1n) is 4.18. The van der Waals surface area contributed by atoms with Crippen molar-refractivity contribution in [3.05, 3.63) is 0 Å². The zero-order valence-electron chi connectivity index (χ0n) is 6.12. The molecule has 2 heteroatoms. The largest absolute Gasteiger partial charge is 0.393 e. The first-order valence-corrected chi connectivity index (χ1v) is 4.18. The molecule has 2 fully saturated rings. The standard InChI is InChI=1S/C8H14O2/c9-6-4-8(5-6)10-7-2-1-3-7/h6-9H,1-5H2. The van der Waals surface area contributed by atoms with Gasteiger partial charge in [0.2, 0.25) is 0 Å². The van der Waals surface area contributed by atoms with Gasteiger partial charge in [-0.25, -0.2) is 0 Å². The topological polar surface area (TPSA) is 29.5 Å². The SMILES string of the molecule is OC1CC(OC2CCC2)C1. The Balaban J connectivity index is 1.62. The molecule has 2 saturated carbocycles. The highest BCUT2D eigenvalue weighted by Gasteiger charge is 2.31. The Labute approximate surface area is 61.2 Å². The Kier molecular flexibility index (Phi) is 1.66. The van der Waals surface area contributed by atoms with Crippen molar-refractivity contribution >= 4 is 0 Å². The number of rotatable bonds is 2. The summed E-state index contributed by atoms with van der Waals surface area (Å²) in [4.78, 5) is 0. The van der Waals surface area contributed by atoms with Crippen LogP contribution in [0.3, 0.4) is 0 Å². The molecule has 0 radical (unpaired) electrons. The summed E-state index contributed by atoms with van der Waals surface area (Å²) < 4.78 is 5.63. The van der Waals surface area contributed by atoms with Crippen LogP contribution in [0.1, 0.15) is 32.1 Å². The van der Waals surface area contributed by atoms with Gasteiger partial charge in [0.05, 0.1) is 18.3 Å². The molecular weight excluding hydrogens is 128 g/mol. The maximum Gasteiger partial charge on any atom is 0.0628 e. The lowest BCUT2D eigenvalue weighted by Crippen LogP contribution is -2.39. The fourth-order valence-corrected chi connectivity index (χ4v) is 1.43. The second kappa shape index (κ2) is 2.51. The van der Waals surface area contributed by atoms with Gasteiger partial charge in [-0.3, -0.25) is 0 Å². The van der Waals surface area contributed by atoms with Crippen LogP contribution < -0.4 is 0 Å². The summed E-state index contributed by atoms with van der Waals surface area (Å²) in [5.41, 5.74) is 0. The van der Waals surface area contributed by atoms with Crippen LogP contribution >= 0.6 is 0 Å². The van der Waals surface area contributed by atoms with E-state index in [1.807, 2.05) is 0 Å². The van der Waals surface area contributed by atoms with Gasteiger partial charge < -0.3 is 9.84 Å². The molecule has 2 aliphatic carbocycles. The van der Waals surface area contributed by atoms with E-state index in [1.165, 1.54) is 19.3 Å². The zero-order chi connectivity index (χ0) is 6.97. The number of aliphatic hydroxyl groups is 1. The molecule has 2 nitrogen and oxygen atoms in total. The highest BCUT2D eigenvalue weighted by molar-refractivity contribution is 4.82. The van der Waals surface area contributed by atoms with Gasteiger partial charge in [0.25, 0.3) is 0 Å². The van der Waals surface area contributed by atoms with Crippen molar-refractivity contribution in [3.63, 3.8) is 0 Å². The lowest BCUT2D eigenvalue weighted by molar-refractivity contribution is -0.124. The number of ether oxygens (including phenoxy) is 1. The van der Waals surface area contributed by atoms with E-state index in [0.717, 1.165) is 12.8 Å². The zero-order valence-corrected chi connectivity index (χ0v) is 6.12. The van der Waals surface area contributed by atoms with Gasteiger partial charge in [-0.1, -0.05) is 0 Å². The normalized spacial score (nSPS) is 40.5. The average molecular weight is 142 g/mol. The fraction of sp³-hybridized carbons (Fsp3) is 1.00. The molecule has 0 heterocycles. The molecule has 0 spiro atoms. The molecule has 0 saturated heterocycles. The Hall–Kier alpha value is -0.0800. The molecule has 0 aliphatic heterocycles. The summed E-state index contributed by atoms with van der Waals surface area (Å²) in [6.45, 7) is 0. The van der Waals surface area contributed by atoms with E-state index in [0.29, 0.717) is 12.2 Å². The maximum absolute atomic E-state index is 8.94. The number of aliphatic hydroxyl groups excluding tert-OH is 1. The van der Waals surface area contributed by atoms with Crippen molar-refractivity contribution in [2.45, 2.75) is 50.4 Å². The van der Waals surface area contributed by atoms with E-state index in [4.69, 9.17) is 9.84 Å². The molecule has 10 heavy (non-hydrogen) atoms. The summed E-state index contributed by atoms with van der Waals surface area (Å²) in [6.07, 6.45) is 6.43. The molecule has 1 N–H and O–H groups in total. The van der Waals surface area contributed by atoms with Gasteiger partial charge in [0, 0.05) is 0 Å². The van der Waals surface area contributed by atoms with E-state index < -0.39 is 0 Å². The van der Waals surface area contributed by atoms with E-state index in [2.05, 4.69) is 0 Å². The summed E-state index contributed by atoms with van der Waals surface area (Å²) in [7, 11) is 0. The Morgan fingerprint density at radius 1 is 1.10 bits per heavy atom. The van der Waals surface area contributed by atoms with Crippen molar-refractivity contribution in [2.75, 3.05) is 0 Å². The molecule has 2 rings (SSSR count). The van der Waals surface area contributed by atoms with Crippen molar-refractivity contribution < 1.29 is 9.84 Å². The van der Waals surface area contributed by atoms with Crippen molar-refractivity contribution in [2.24, 2.45) is 0 Å². The summed E-state index contributed by atoms with van der Waals surface area (Å²) >= 11 is 0. The van der Waals surface area contributed by atoms with Gasteiger partial charge in [-0.05, 0) is 32.1 Å². The highest BCUT2D eigenvalue weighted by atomic mass is 16.5. The Bertz CT molecular complexity index is 114. The monoisotopic (exact) mass is 142 g/mol. The third kappa shape index (κ3) is 1.18. The molecule has 2 aliphatic rings. The minimum atomic E-state index is -0.0647. The lowest BCUT2D eigenvalue weighted by atomic mass is 9.90. The molecule has 0 aromatic carbocycles. The molecular formula is C8H14O2. The van der Waals surface area contributed by atoms with Crippen LogP contribution in [0.5, 0.6) is 0 Å². The Morgan fingerprint density at radius 3 is 2.20 bits per heavy atom. The van der Waals surface area contributed by atoms with E-state index in [1.54, 1.807) is 0 Å². The minimum Gasteiger partial charge on any atom is -0.393 e. The van der Waals surface area contributed by atoms with E-state index in [-0.39, 0.29) is 6.10 Å². The second-order valence-electron chi connectivity index (χ2n) is 3.44. The van der Waals surface area contributed by atoms with Crippen LogP contribution in [0.2, 0.25) is 0 Å². The molecule has 58 valence electrons. The predicted octanol–water partition coefficient (Wildman–Crippen LogP) is 1.08. The number of hydrogen-bond donors (Lipinski definition) is 1. The second-order valence-corrected chi connectivity index (χ2v) is 3.44. The predicted molar refractivity (Wildman–Crippen MR) is 37.8 cm³/mol. The molecule has 0 atom stereocenters. The molecule has 0 aromatic heterocycles. The third-order valence-corrected chi connectivity index (χ3v) is 2.51. The summed E-state index contributed by atoms with van der Waals surface area (Å²) in [5, 5.41) is 8.94. The average Bonchev–Trinajstić information content (AvgIpc) is 1.72. The number of hydrogen-bond acceptors (Lipinski definition) is 2. The van der Waals surface area contributed by atoms with E-state index >= 15 is 0 Å². The lowest BCUT2D eigenvalue weighted by Gasteiger charge is -2.37. The molecule has 0 bridgehead atoms. The Morgan fingerprint density at radius 2 is 1.80 bits per heavy atom. The first-order chi connectivity index (χ1) is 4.84. The first kappa shape index (κ1) is 6.62. The molecule has 0 aromatic rings. The van der Waals surface area contributed by atoms with Crippen molar-refractivity contribution in [1.82, 2.24) is 0 Å². The van der Waals surface area contributed by atoms with Gasteiger partial charge in [-0.15, -0.1) is 0 Å². The van der Waals surface area contributed by atoms with Crippen LogP contribution in [0.4, 0.5) is 0 Å².